The van der Waals surface area contributed by atoms with Crippen LogP contribution in [0.5, 0.6) is 0 Å². The van der Waals surface area contributed by atoms with Crippen LogP contribution >= 0.6 is 0 Å². The number of nitrogens with zero attached hydrogens (tertiary/aromatic N) is 6. The molecule has 0 spiro atoms. The average Bonchev–Trinajstić information content (AvgIpc) is 3.89. The number of fused-ring (bicyclic) bond motifs is 3. The fourth-order valence-corrected chi connectivity index (χ4v) is 10.9. The minimum atomic E-state index is -2.44. The Morgan fingerprint density at radius 1 is 0.900 bits per heavy atom. The topological polar surface area (TPSA) is 228 Å². The molecule has 3 aliphatic heterocycles. The lowest BCUT2D eigenvalue weighted by Crippen LogP contribution is -2.61. The summed E-state index contributed by atoms with van der Waals surface area (Å²) in [5, 5.41) is 27.0. The summed E-state index contributed by atoms with van der Waals surface area (Å²) in [6, 6.07) is -2.41. The number of amides is 1. The average molecular weight is 979 g/mol. The van der Waals surface area contributed by atoms with E-state index in [-0.39, 0.29) is 60.9 Å². The van der Waals surface area contributed by atoms with Gasteiger partial charge in [-0.25, -0.2) is 9.48 Å². The van der Waals surface area contributed by atoms with E-state index in [0.717, 1.165) is 18.4 Å². The zero-order chi connectivity index (χ0) is 51.3. The van der Waals surface area contributed by atoms with Crippen LogP contribution in [-0.2, 0) is 47.7 Å². The Kier molecular flexibility index (Phi) is 21.1. The van der Waals surface area contributed by atoms with Crippen molar-refractivity contribution in [1.29, 1.82) is 0 Å². The molecule has 0 aromatic carbocycles. The standard InChI is InChI=1S/C52H78N6O12/c1-31-16-12-11-13-17-32(2)43(66-8)28-39-21-19-37(7)52(64,70-39)49(61)50(62)57-23-15-14-18-41(57)51(63)69-44(34(4)26-38-20-22-40(45(27-38)67-9)58-30-53-55-56-58)29-42(59)33(3)25-35(5)46(54-65)48(68-10)47(60)36(6)24-31/h11-13,16-17,25,30-31,33-34,36-41,43-46,48,64H,14-15,18-24,26-29H2,1-10H3/b13-11+,16-12+,32-17+,35-25+/t31-,33-,34-,36?,37?,38+,39+,40+,41?,43+,44+,45-,46-,48?,52?/m1/s1. The molecule has 2 saturated heterocycles. The van der Waals surface area contributed by atoms with E-state index in [4.69, 9.17) is 23.7 Å². The number of rotatable bonds is 8. The van der Waals surface area contributed by atoms with E-state index in [1.165, 1.54) is 12.0 Å². The number of hydrogen-bond donors (Lipinski definition) is 1. The highest BCUT2D eigenvalue weighted by atomic mass is 16.6. The third kappa shape index (κ3) is 14.1. The summed E-state index contributed by atoms with van der Waals surface area (Å²) in [5.74, 6) is -8.16. The number of ketones is 3. The molecule has 388 valence electrons. The number of hydrogen-bond acceptors (Lipinski definition) is 16. The van der Waals surface area contributed by atoms with Gasteiger partial charge in [0, 0.05) is 58.5 Å². The molecule has 18 nitrogen and oxygen atoms in total. The third-order valence-electron chi connectivity index (χ3n) is 15.3. The summed E-state index contributed by atoms with van der Waals surface area (Å²) >= 11 is 0. The van der Waals surface area contributed by atoms with Crippen LogP contribution in [0.25, 0.3) is 0 Å². The molecule has 1 N–H and O–H groups in total. The Balaban J connectivity index is 1.48. The first-order valence-electron chi connectivity index (χ1n) is 25.2. The van der Waals surface area contributed by atoms with E-state index >= 15 is 0 Å². The van der Waals surface area contributed by atoms with Crippen molar-refractivity contribution in [3.05, 3.63) is 58.8 Å². The van der Waals surface area contributed by atoms with Crippen LogP contribution in [0.15, 0.2) is 59.1 Å². The first kappa shape index (κ1) is 56.3. The van der Waals surface area contributed by atoms with E-state index in [0.29, 0.717) is 56.9 Å². The lowest BCUT2D eigenvalue weighted by molar-refractivity contribution is -0.265. The third-order valence-corrected chi connectivity index (χ3v) is 15.3. The maximum absolute atomic E-state index is 14.5. The van der Waals surface area contributed by atoms with Crippen LogP contribution in [0.3, 0.4) is 0 Å². The summed E-state index contributed by atoms with van der Waals surface area (Å²) in [6.45, 7) is 12.7. The maximum Gasteiger partial charge on any atom is 0.329 e. The number of aliphatic hydroxyl groups is 1. The van der Waals surface area contributed by atoms with Crippen LogP contribution in [0.4, 0.5) is 0 Å². The highest BCUT2D eigenvalue weighted by Crippen LogP contribution is 2.39. The fraction of sp³-hybridized carbons (Fsp3) is 0.731. The first-order valence-corrected chi connectivity index (χ1v) is 25.2. The maximum atomic E-state index is 14.5. The molecule has 0 radical (unpaired) electrons. The van der Waals surface area contributed by atoms with Crippen LogP contribution in [-0.4, -0.2) is 136 Å². The number of cyclic esters (lactones) is 1. The van der Waals surface area contributed by atoms with Gasteiger partial charge in [0.05, 0.1) is 24.4 Å². The molecule has 70 heavy (non-hydrogen) atoms. The monoisotopic (exact) mass is 979 g/mol. The number of tetrazole rings is 1. The van der Waals surface area contributed by atoms with Crippen LogP contribution < -0.4 is 0 Å². The molecule has 1 saturated carbocycles. The molecule has 5 rings (SSSR count). The molecule has 15 atom stereocenters. The molecule has 4 aliphatic rings. The quantitative estimate of drug-likeness (QED) is 0.122. The minimum absolute atomic E-state index is 0.0103. The van der Waals surface area contributed by atoms with Crippen molar-refractivity contribution < 1.29 is 52.8 Å². The number of methoxy groups -OCH3 is 3. The van der Waals surface area contributed by atoms with Crippen LogP contribution in [0, 0.1) is 40.4 Å². The van der Waals surface area contributed by atoms with Gasteiger partial charge in [-0.2, -0.15) is 4.91 Å². The van der Waals surface area contributed by atoms with Gasteiger partial charge < -0.3 is 33.7 Å². The zero-order valence-electron chi connectivity index (χ0n) is 42.9. The Morgan fingerprint density at radius 2 is 1.66 bits per heavy atom. The summed E-state index contributed by atoms with van der Waals surface area (Å²) in [5.41, 5.74) is 1.26. The lowest BCUT2D eigenvalue weighted by atomic mass is 9.77. The van der Waals surface area contributed by atoms with Crippen LogP contribution in [0.2, 0.25) is 0 Å². The number of ether oxygens (including phenoxy) is 5. The highest BCUT2D eigenvalue weighted by molar-refractivity contribution is 6.39. The molecule has 3 fully saturated rings. The number of allylic oxidation sites excluding steroid dienone is 6. The summed E-state index contributed by atoms with van der Waals surface area (Å²) < 4.78 is 31.6. The number of carbonyl (C=O) groups is 5. The van der Waals surface area contributed by atoms with Gasteiger partial charge in [0.15, 0.2) is 5.78 Å². The van der Waals surface area contributed by atoms with Crippen molar-refractivity contribution in [2.45, 2.75) is 180 Å². The summed E-state index contributed by atoms with van der Waals surface area (Å²) in [7, 11) is 4.59. The van der Waals surface area contributed by atoms with E-state index in [9.17, 15) is 34.0 Å². The van der Waals surface area contributed by atoms with Gasteiger partial charge in [0.25, 0.3) is 11.7 Å². The predicted molar refractivity (Wildman–Crippen MR) is 260 cm³/mol. The molecular formula is C52H78N6O12. The number of aromatic nitrogens is 4. The molecule has 1 aromatic rings. The van der Waals surface area contributed by atoms with Crippen molar-refractivity contribution in [3.63, 3.8) is 0 Å². The van der Waals surface area contributed by atoms with Crippen molar-refractivity contribution in [1.82, 2.24) is 25.1 Å². The van der Waals surface area contributed by atoms with Gasteiger partial charge >= 0.3 is 5.97 Å². The van der Waals surface area contributed by atoms with Crippen LogP contribution in [0.1, 0.15) is 132 Å². The minimum Gasteiger partial charge on any atom is -0.460 e. The summed E-state index contributed by atoms with van der Waals surface area (Å²) in [4.78, 5) is 85.0. The number of piperidine rings is 1. The lowest BCUT2D eigenvalue weighted by Gasteiger charge is -2.42. The Morgan fingerprint density at radius 3 is 2.33 bits per heavy atom. The fourth-order valence-electron chi connectivity index (χ4n) is 10.9. The molecule has 1 aromatic heterocycles. The van der Waals surface area contributed by atoms with Gasteiger partial charge in [-0.05, 0) is 117 Å². The zero-order valence-corrected chi connectivity index (χ0v) is 42.9. The molecule has 1 aliphatic carbocycles. The first-order chi connectivity index (χ1) is 33.4. The van der Waals surface area contributed by atoms with E-state index in [1.54, 1.807) is 59.0 Å². The van der Waals surface area contributed by atoms with Crippen molar-refractivity contribution in [2.75, 3.05) is 27.9 Å². The largest absolute Gasteiger partial charge is 0.460 e. The molecule has 4 heterocycles. The summed E-state index contributed by atoms with van der Waals surface area (Å²) in [6.07, 6.45) is 14.9. The van der Waals surface area contributed by atoms with Gasteiger partial charge in [-0.15, -0.1) is 5.10 Å². The molecule has 2 bridgehead atoms. The van der Waals surface area contributed by atoms with Crippen molar-refractivity contribution >= 4 is 29.2 Å². The van der Waals surface area contributed by atoms with Gasteiger partial charge in [-0.1, -0.05) is 76.3 Å². The Bertz CT molecular complexity index is 2070. The molecular weight excluding hydrogens is 901 g/mol. The molecule has 18 heteroatoms. The Hall–Kier alpha value is -4.62. The second-order valence-electron chi connectivity index (χ2n) is 20.5. The SMILES string of the molecule is COC1C(=O)C(C)C[C@H](C)/C=C/C=C/C=C(\C)[C@@H](OC)C[C@@H]2CCC(C)C(O)(O2)C(=O)C(=O)N2CCCCC2C(=O)O[C@H]([C@H](C)C[C@@H]2CC[C@H](n3cnnn3)[C@H](OC)C2)CC(=O)[C@H](C)/C=C(\C)[C@H]1N=O. The van der Waals surface area contributed by atoms with E-state index in [2.05, 4.69) is 20.7 Å². The Labute approximate surface area is 413 Å². The molecule has 5 unspecified atom stereocenters. The van der Waals surface area contributed by atoms with Crippen molar-refractivity contribution in [3.8, 4) is 0 Å². The van der Waals surface area contributed by atoms with E-state index in [1.807, 2.05) is 51.2 Å². The number of esters is 1. The number of nitroso groups, excluding NO2 is 1. The van der Waals surface area contributed by atoms with Crippen molar-refractivity contribution in [2.24, 2.45) is 40.7 Å². The normalized spacial score (nSPS) is 38.3. The second-order valence-corrected chi connectivity index (χ2v) is 20.5. The number of Topliss-reactive ketones (excluding diaryl/α,β-unsaturated/α-hetero) is 3. The predicted octanol–water partition coefficient (Wildman–Crippen LogP) is 6.82. The molecule has 1 amide bonds. The van der Waals surface area contributed by atoms with Gasteiger partial charge in [-0.3, -0.25) is 19.2 Å². The number of carbonyl (C=O) groups excluding carboxylic acids is 5. The highest BCUT2D eigenvalue weighted by Gasteiger charge is 2.53. The van der Waals surface area contributed by atoms with Gasteiger partial charge in [0.1, 0.15) is 36.4 Å². The smallest absolute Gasteiger partial charge is 0.329 e. The van der Waals surface area contributed by atoms with E-state index < -0.39 is 77.7 Å². The second kappa shape index (κ2) is 26.2. The van der Waals surface area contributed by atoms with Gasteiger partial charge in [0.2, 0.25) is 5.79 Å².